The van der Waals surface area contributed by atoms with Gasteiger partial charge in [0.25, 0.3) is 11.5 Å². The zero-order valence-corrected chi connectivity index (χ0v) is 12.7. The molecule has 0 atom stereocenters. The second kappa shape index (κ2) is 5.18. The summed E-state index contributed by atoms with van der Waals surface area (Å²) >= 11 is 1.19. The summed E-state index contributed by atoms with van der Waals surface area (Å²) < 4.78 is 7.70. The summed E-state index contributed by atoms with van der Waals surface area (Å²) in [6, 6.07) is 0.222. The van der Waals surface area contributed by atoms with Crippen LogP contribution in [0.25, 0.3) is 4.96 Å². The van der Waals surface area contributed by atoms with Gasteiger partial charge in [0, 0.05) is 12.4 Å². The molecule has 0 saturated heterocycles. The first-order valence-electron chi connectivity index (χ1n) is 6.11. The number of nitrogens with one attached hydrogen (secondary N) is 1. The molecule has 1 N–H and O–H groups in total. The molecule has 1 amide bonds. The Bertz CT molecular complexity index is 926. The first-order valence-corrected chi connectivity index (χ1v) is 6.99. The fourth-order valence-electron chi connectivity index (χ4n) is 1.74. The second-order valence-corrected chi connectivity index (χ2v) is 5.15. The van der Waals surface area contributed by atoms with Crippen LogP contribution >= 0.6 is 11.3 Å². The average molecular weight is 321 g/mol. The molecule has 0 saturated carbocycles. The molecule has 22 heavy (non-hydrogen) atoms. The van der Waals surface area contributed by atoms with Gasteiger partial charge in [-0.2, -0.15) is 19.6 Å². The molecule has 3 rings (SSSR count). The second-order valence-electron chi connectivity index (χ2n) is 4.32. The van der Waals surface area contributed by atoms with Crippen LogP contribution in [0.1, 0.15) is 16.3 Å². The SMILES string of the molecule is COc1nc(C(=O)Nc2csc3nc(=O)c(C)nn23)nn1C. The zero-order chi connectivity index (χ0) is 15.9. The van der Waals surface area contributed by atoms with Gasteiger partial charge in [-0.3, -0.25) is 9.59 Å². The fourth-order valence-corrected chi connectivity index (χ4v) is 2.49. The van der Waals surface area contributed by atoms with Crippen molar-refractivity contribution in [1.82, 2.24) is 29.4 Å². The van der Waals surface area contributed by atoms with E-state index in [1.165, 1.54) is 27.6 Å². The van der Waals surface area contributed by atoms with Crippen molar-refractivity contribution in [2.24, 2.45) is 7.05 Å². The summed E-state index contributed by atoms with van der Waals surface area (Å²) in [6.45, 7) is 1.55. The predicted octanol–water partition coefficient (Wildman–Crippen LogP) is -0.151. The molecule has 0 unspecified atom stereocenters. The molecular formula is C11H11N7O3S. The number of ether oxygens (including phenoxy) is 1. The number of thiazole rings is 1. The number of fused-ring (bicyclic) bond motifs is 1. The largest absolute Gasteiger partial charge is 0.467 e. The number of rotatable bonds is 3. The van der Waals surface area contributed by atoms with Gasteiger partial charge >= 0.3 is 6.01 Å². The van der Waals surface area contributed by atoms with E-state index in [4.69, 9.17) is 4.74 Å². The van der Waals surface area contributed by atoms with Crippen LogP contribution in [0, 0.1) is 6.92 Å². The number of carbonyl (C=O) groups excluding carboxylic acids is 1. The lowest BCUT2D eigenvalue weighted by Gasteiger charge is -2.01. The Morgan fingerprint density at radius 3 is 2.82 bits per heavy atom. The average Bonchev–Trinajstić information content (AvgIpc) is 3.04. The first-order chi connectivity index (χ1) is 10.5. The van der Waals surface area contributed by atoms with Crippen LogP contribution in [-0.2, 0) is 7.05 Å². The molecule has 0 bridgehead atoms. The Kier molecular flexibility index (Phi) is 3.33. The number of anilines is 1. The summed E-state index contributed by atoms with van der Waals surface area (Å²) in [4.78, 5) is 31.8. The van der Waals surface area contributed by atoms with Crippen LogP contribution in [0.5, 0.6) is 6.01 Å². The number of hydrogen-bond donors (Lipinski definition) is 1. The summed E-state index contributed by atoms with van der Waals surface area (Å²) in [5.74, 6) is -0.173. The topological polar surface area (TPSA) is 116 Å². The number of aryl methyl sites for hydroxylation is 2. The van der Waals surface area contributed by atoms with E-state index < -0.39 is 11.5 Å². The van der Waals surface area contributed by atoms with Crippen molar-refractivity contribution in [2.75, 3.05) is 12.4 Å². The molecule has 0 aromatic carbocycles. The molecular weight excluding hydrogens is 310 g/mol. The van der Waals surface area contributed by atoms with Crippen molar-refractivity contribution in [3.8, 4) is 6.01 Å². The van der Waals surface area contributed by atoms with E-state index in [-0.39, 0.29) is 17.5 Å². The molecule has 0 aliphatic heterocycles. The molecule has 114 valence electrons. The summed E-state index contributed by atoms with van der Waals surface area (Å²) in [6.07, 6.45) is 0. The third-order valence-electron chi connectivity index (χ3n) is 2.79. The van der Waals surface area contributed by atoms with E-state index >= 15 is 0 Å². The van der Waals surface area contributed by atoms with Crippen molar-refractivity contribution in [3.05, 3.63) is 27.3 Å². The summed E-state index contributed by atoms with van der Waals surface area (Å²) in [5, 5.41) is 12.3. The van der Waals surface area contributed by atoms with Gasteiger partial charge in [-0.15, -0.1) is 16.4 Å². The maximum atomic E-state index is 12.2. The standard InChI is InChI=1S/C11H11N7O3S/c1-5-8(19)14-11-18(15-5)6(4-22-11)12-9(20)7-13-10(21-3)17(2)16-7/h4H,1-3H3,(H,12,20). The summed E-state index contributed by atoms with van der Waals surface area (Å²) in [5.41, 5.74) is -0.153. The minimum atomic E-state index is -0.517. The van der Waals surface area contributed by atoms with Crippen LogP contribution in [0.2, 0.25) is 0 Å². The molecule has 0 fully saturated rings. The van der Waals surface area contributed by atoms with E-state index in [2.05, 4.69) is 25.5 Å². The lowest BCUT2D eigenvalue weighted by Crippen LogP contribution is -2.19. The van der Waals surface area contributed by atoms with Crippen molar-refractivity contribution in [3.63, 3.8) is 0 Å². The maximum absolute atomic E-state index is 12.2. The van der Waals surface area contributed by atoms with Crippen LogP contribution in [-0.4, -0.2) is 42.4 Å². The number of amides is 1. The Morgan fingerprint density at radius 1 is 1.36 bits per heavy atom. The minimum absolute atomic E-state index is 0.0376. The van der Waals surface area contributed by atoms with Crippen molar-refractivity contribution in [2.45, 2.75) is 6.92 Å². The molecule has 3 aromatic rings. The molecule has 10 nitrogen and oxygen atoms in total. The number of methoxy groups -OCH3 is 1. The highest BCUT2D eigenvalue weighted by molar-refractivity contribution is 7.15. The van der Waals surface area contributed by atoms with Crippen molar-refractivity contribution >= 4 is 28.0 Å². The van der Waals surface area contributed by atoms with Crippen molar-refractivity contribution < 1.29 is 9.53 Å². The van der Waals surface area contributed by atoms with Gasteiger partial charge in [0.15, 0.2) is 0 Å². The van der Waals surface area contributed by atoms with E-state index in [9.17, 15) is 9.59 Å². The molecule has 0 aliphatic carbocycles. The smallest absolute Gasteiger partial charge is 0.314 e. The maximum Gasteiger partial charge on any atom is 0.314 e. The van der Waals surface area contributed by atoms with Crippen LogP contribution in [0.15, 0.2) is 10.2 Å². The number of nitrogens with zero attached hydrogens (tertiary/aromatic N) is 6. The molecule has 0 spiro atoms. The third-order valence-corrected chi connectivity index (χ3v) is 3.61. The highest BCUT2D eigenvalue weighted by atomic mass is 32.1. The van der Waals surface area contributed by atoms with Crippen LogP contribution < -0.4 is 15.6 Å². The number of carbonyl (C=O) groups is 1. The van der Waals surface area contributed by atoms with E-state index in [1.54, 1.807) is 19.4 Å². The van der Waals surface area contributed by atoms with Crippen LogP contribution in [0.4, 0.5) is 5.82 Å². The van der Waals surface area contributed by atoms with Gasteiger partial charge in [0.05, 0.1) is 7.11 Å². The fraction of sp³-hybridized carbons (Fsp3) is 0.273. The Morgan fingerprint density at radius 2 is 2.14 bits per heavy atom. The minimum Gasteiger partial charge on any atom is -0.467 e. The van der Waals surface area contributed by atoms with Crippen LogP contribution in [0.3, 0.4) is 0 Å². The van der Waals surface area contributed by atoms with Crippen molar-refractivity contribution in [1.29, 1.82) is 0 Å². The molecule has 3 heterocycles. The van der Waals surface area contributed by atoms with E-state index in [0.29, 0.717) is 10.8 Å². The highest BCUT2D eigenvalue weighted by Crippen LogP contribution is 2.17. The van der Waals surface area contributed by atoms with E-state index in [1.807, 2.05) is 0 Å². The number of hydrogen-bond acceptors (Lipinski definition) is 8. The highest BCUT2D eigenvalue weighted by Gasteiger charge is 2.17. The normalized spacial score (nSPS) is 10.9. The molecule has 0 radical (unpaired) electrons. The number of aromatic nitrogens is 6. The molecule has 0 aliphatic rings. The lowest BCUT2D eigenvalue weighted by atomic mass is 10.5. The van der Waals surface area contributed by atoms with Gasteiger partial charge < -0.3 is 10.1 Å². The first kappa shape index (κ1) is 14.1. The molecule has 11 heteroatoms. The Hall–Kier alpha value is -2.82. The Balaban J connectivity index is 1.94. The third kappa shape index (κ3) is 2.30. The van der Waals surface area contributed by atoms with Gasteiger partial charge in [0.1, 0.15) is 11.5 Å². The zero-order valence-electron chi connectivity index (χ0n) is 11.9. The molecule has 3 aromatic heterocycles. The monoisotopic (exact) mass is 321 g/mol. The van der Waals surface area contributed by atoms with E-state index in [0.717, 1.165) is 0 Å². The van der Waals surface area contributed by atoms with Gasteiger partial charge in [-0.25, -0.2) is 4.68 Å². The summed E-state index contributed by atoms with van der Waals surface area (Å²) in [7, 11) is 3.05. The quantitative estimate of drug-likeness (QED) is 0.713. The lowest BCUT2D eigenvalue weighted by molar-refractivity contribution is 0.101. The predicted molar refractivity (Wildman–Crippen MR) is 77.4 cm³/mol. The van der Waals surface area contributed by atoms with Gasteiger partial charge in [-0.05, 0) is 6.92 Å². The van der Waals surface area contributed by atoms with Gasteiger partial charge in [-0.1, -0.05) is 0 Å². The Labute approximate surface area is 127 Å². The van der Waals surface area contributed by atoms with Gasteiger partial charge in [0.2, 0.25) is 10.8 Å².